The van der Waals surface area contributed by atoms with Crippen LogP contribution in [-0.4, -0.2) is 39.5 Å². The highest BCUT2D eigenvalue weighted by Gasteiger charge is 2.07. The minimum Gasteiger partial charge on any atom is -0.478 e. The van der Waals surface area contributed by atoms with Crippen molar-refractivity contribution in [3.8, 4) is 0 Å². The van der Waals surface area contributed by atoms with E-state index in [1.165, 1.54) is 5.39 Å². The summed E-state index contributed by atoms with van der Waals surface area (Å²) in [6.07, 6.45) is 7.04. The fourth-order valence-electron chi connectivity index (χ4n) is 2.16. The highest BCUT2D eigenvalue weighted by molar-refractivity contribution is 6.04. The molecular weight excluding hydrogens is 310 g/mol. The van der Waals surface area contributed by atoms with E-state index in [0.717, 1.165) is 36.3 Å². The Kier molecular flexibility index (Phi) is 6.01. The number of fused-ring (bicyclic) bond motifs is 1. The van der Waals surface area contributed by atoms with Gasteiger partial charge >= 0.3 is 11.9 Å². The van der Waals surface area contributed by atoms with E-state index in [2.05, 4.69) is 33.5 Å². The van der Waals surface area contributed by atoms with Crippen LogP contribution >= 0.6 is 0 Å². The van der Waals surface area contributed by atoms with Crippen molar-refractivity contribution < 1.29 is 19.8 Å². The van der Waals surface area contributed by atoms with Crippen molar-refractivity contribution in [2.75, 3.05) is 11.9 Å². The molecular formula is C17H17N3O4. The largest absolute Gasteiger partial charge is 0.478 e. The first kappa shape index (κ1) is 17.1. The Morgan fingerprint density at radius 1 is 1.12 bits per heavy atom. The van der Waals surface area contributed by atoms with Gasteiger partial charge in [0.2, 0.25) is 0 Å². The van der Waals surface area contributed by atoms with Gasteiger partial charge in [0.05, 0.1) is 0 Å². The third-order valence-electron chi connectivity index (χ3n) is 3.21. The molecule has 0 atom stereocenters. The summed E-state index contributed by atoms with van der Waals surface area (Å²) in [6, 6.07) is 8.25. The molecule has 0 aliphatic carbocycles. The second-order valence-electron chi connectivity index (χ2n) is 4.97. The molecule has 3 rings (SSSR count). The third-order valence-corrected chi connectivity index (χ3v) is 3.21. The van der Waals surface area contributed by atoms with Crippen LogP contribution < -0.4 is 5.32 Å². The summed E-state index contributed by atoms with van der Waals surface area (Å²) in [4.78, 5) is 27.7. The standard InChI is InChI=1S/C13H13N3.C4H4O4/c1-3-10-6-8-14-9-11(10)12(4-1)16-13-5-2-7-15-13;5-3(6)1-2-4(7)8/h1,3-4,6,8-9H,2,5,7H2,(H,15,16);1-2H,(H,5,6)(H,7,8)/b;2-1+. The number of nitrogens with one attached hydrogen (secondary N) is 1. The van der Waals surface area contributed by atoms with E-state index in [4.69, 9.17) is 10.2 Å². The predicted octanol–water partition coefficient (Wildman–Crippen LogP) is 2.55. The van der Waals surface area contributed by atoms with Crippen molar-refractivity contribution >= 4 is 34.2 Å². The van der Waals surface area contributed by atoms with Crippen LogP contribution in [0, 0.1) is 0 Å². The van der Waals surface area contributed by atoms with E-state index in [1.54, 1.807) is 0 Å². The maximum atomic E-state index is 9.55. The van der Waals surface area contributed by atoms with E-state index in [9.17, 15) is 9.59 Å². The number of aliphatic imine (C=N–C) groups is 1. The van der Waals surface area contributed by atoms with Crippen LogP contribution in [0.5, 0.6) is 0 Å². The molecule has 2 heterocycles. The normalized spacial score (nSPS) is 13.2. The number of aliphatic carboxylic acids is 2. The van der Waals surface area contributed by atoms with Crippen LogP contribution in [0.15, 0.2) is 53.8 Å². The second kappa shape index (κ2) is 8.42. The van der Waals surface area contributed by atoms with Gasteiger partial charge in [-0.3, -0.25) is 9.98 Å². The number of anilines is 1. The minimum absolute atomic E-state index is 0.558. The van der Waals surface area contributed by atoms with Gasteiger partial charge in [-0.05, 0) is 23.9 Å². The fourth-order valence-corrected chi connectivity index (χ4v) is 2.16. The lowest BCUT2D eigenvalue weighted by molar-refractivity contribution is -0.134. The summed E-state index contributed by atoms with van der Waals surface area (Å²) < 4.78 is 0. The monoisotopic (exact) mass is 327 g/mol. The zero-order valence-corrected chi connectivity index (χ0v) is 12.8. The van der Waals surface area contributed by atoms with Gasteiger partial charge in [-0.1, -0.05) is 12.1 Å². The SMILES string of the molecule is O=C(O)/C=C/C(=O)O.c1cc(NC2=NCCC2)c2cnccc2c1. The lowest BCUT2D eigenvalue weighted by Crippen LogP contribution is -2.08. The van der Waals surface area contributed by atoms with Gasteiger partial charge in [0.15, 0.2) is 0 Å². The van der Waals surface area contributed by atoms with Gasteiger partial charge in [0.25, 0.3) is 0 Å². The Balaban J connectivity index is 0.000000224. The van der Waals surface area contributed by atoms with Crippen molar-refractivity contribution in [3.05, 3.63) is 48.8 Å². The van der Waals surface area contributed by atoms with Gasteiger partial charge < -0.3 is 15.5 Å². The number of aromatic nitrogens is 1. The molecule has 0 amide bonds. The molecule has 0 spiro atoms. The van der Waals surface area contributed by atoms with E-state index in [-0.39, 0.29) is 0 Å². The lowest BCUT2D eigenvalue weighted by Gasteiger charge is -2.08. The zero-order chi connectivity index (χ0) is 17.4. The van der Waals surface area contributed by atoms with Gasteiger partial charge in [-0.25, -0.2) is 9.59 Å². The molecule has 7 nitrogen and oxygen atoms in total. The third kappa shape index (κ3) is 5.20. The fraction of sp³-hybridized carbons (Fsp3) is 0.176. The van der Waals surface area contributed by atoms with Gasteiger partial charge in [-0.15, -0.1) is 0 Å². The molecule has 2 aromatic rings. The van der Waals surface area contributed by atoms with Gasteiger partial charge in [0, 0.05) is 48.6 Å². The highest BCUT2D eigenvalue weighted by Crippen LogP contribution is 2.23. The van der Waals surface area contributed by atoms with E-state index in [0.29, 0.717) is 12.2 Å². The average Bonchev–Trinajstić information content (AvgIpc) is 3.07. The molecule has 0 saturated carbocycles. The molecule has 3 N–H and O–H groups in total. The molecule has 24 heavy (non-hydrogen) atoms. The topological polar surface area (TPSA) is 112 Å². The highest BCUT2D eigenvalue weighted by atomic mass is 16.4. The first-order valence-electron chi connectivity index (χ1n) is 7.33. The van der Waals surface area contributed by atoms with Crippen molar-refractivity contribution in [2.24, 2.45) is 4.99 Å². The molecule has 0 radical (unpaired) electrons. The second-order valence-corrected chi connectivity index (χ2v) is 4.97. The van der Waals surface area contributed by atoms with Gasteiger partial charge in [-0.2, -0.15) is 0 Å². The number of nitrogens with zero attached hydrogens (tertiary/aromatic N) is 2. The average molecular weight is 327 g/mol. The maximum Gasteiger partial charge on any atom is 0.328 e. The molecule has 1 aromatic carbocycles. The van der Waals surface area contributed by atoms with E-state index in [1.807, 2.05) is 18.5 Å². The molecule has 0 fully saturated rings. The molecule has 0 saturated heterocycles. The molecule has 0 bridgehead atoms. The Hall–Kier alpha value is -3.22. The smallest absolute Gasteiger partial charge is 0.328 e. The van der Waals surface area contributed by atoms with Crippen LogP contribution in [0.2, 0.25) is 0 Å². The number of carboxylic acids is 2. The Morgan fingerprint density at radius 3 is 2.50 bits per heavy atom. The number of amidine groups is 1. The van der Waals surface area contributed by atoms with Crippen molar-refractivity contribution in [2.45, 2.75) is 12.8 Å². The molecule has 0 unspecified atom stereocenters. The van der Waals surface area contributed by atoms with Crippen LogP contribution in [0.1, 0.15) is 12.8 Å². The summed E-state index contributed by atoms with van der Waals surface area (Å²) in [5.74, 6) is -1.42. The summed E-state index contributed by atoms with van der Waals surface area (Å²) in [5, 5.41) is 21.4. The molecule has 1 aliphatic rings. The number of pyridine rings is 1. The number of benzene rings is 1. The van der Waals surface area contributed by atoms with Crippen molar-refractivity contribution in [1.29, 1.82) is 0 Å². The van der Waals surface area contributed by atoms with Crippen molar-refractivity contribution in [3.63, 3.8) is 0 Å². The van der Waals surface area contributed by atoms with Gasteiger partial charge in [0.1, 0.15) is 5.84 Å². The number of hydrogen-bond acceptors (Lipinski definition) is 5. The lowest BCUT2D eigenvalue weighted by atomic mass is 10.1. The first-order valence-corrected chi connectivity index (χ1v) is 7.33. The Bertz CT molecular complexity index is 778. The summed E-state index contributed by atoms with van der Waals surface area (Å²) in [6.45, 7) is 0.950. The van der Waals surface area contributed by atoms with Crippen LogP contribution in [0.4, 0.5) is 5.69 Å². The van der Waals surface area contributed by atoms with Crippen molar-refractivity contribution in [1.82, 2.24) is 4.98 Å². The zero-order valence-electron chi connectivity index (χ0n) is 12.8. The molecule has 124 valence electrons. The van der Waals surface area contributed by atoms with Crippen LogP contribution in [0.25, 0.3) is 10.8 Å². The van der Waals surface area contributed by atoms with E-state index < -0.39 is 11.9 Å². The minimum atomic E-state index is -1.26. The van der Waals surface area contributed by atoms with E-state index >= 15 is 0 Å². The molecule has 1 aliphatic heterocycles. The first-order chi connectivity index (χ1) is 11.6. The summed E-state index contributed by atoms with van der Waals surface area (Å²) >= 11 is 0. The number of rotatable bonds is 3. The van der Waals surface area contributed by atoms with Crippen LogP contribution in [0.3, 0.4) is 0 Å². The van der Waals surface area contributed by atoms with Crippen LogP contribution in [-0.2, 0) is 9.59 Å². The molecule has 7 heteroatoms. The maximum absolute atomic E-state index is 9.55. The Morgan fingerprint density at radius 2 is 1.88 bits per heavy atom. The number of carbonyl (C=O) groups is 2. The summed E-state index contributed by atoms with van der Waals surface area (Å²) in [7, 11) is 0. The number of hydrogen-bond donors (Lipinski definition) is 3. The predicted molar refractivity (Wildman–Crippen MR) is 91.3 cm³/mol. The number of carboxylic acid groups (broad SMARTS) is 2. The Labute approximate surface area is 138 Å². The summed E-state index contributed by atoms with van der Waals surface area (Å²) in [5.41, 5.74) is 1.10. The quantitative estimate of drug-likeness (QED) is 0.747. The molecule has 1 aromatic heterocycles.